The summed E-state index contributed by atoms with van der Waals surface area (Å²) in [5.41, 5.74) is 2.75. The largest absolute Gasteiger partial charge is 0.378 e. The molecule has 2 aromatic rings. The number of anilines is 2. The zero-order valence-electron chi connectivity index (χ0n) is 16.4. The van der Waals surface area contributed by atoms with Crippen molar-refractivity contribution < 1.29 is 14.1 Å². The number of carbonyl (C=O) groups excluding carboxylic acids is 1. The van der Waals surface area contributed by atoms with Crippen LogP contribution in [0.4, 0.5) is 11.5 Å². The van der Waals surface area contributed by atoms with Gasteiger partial charge in [0, 0.05) is 50.9 Å². The molecule has 2 aromatic heterocycles. The molecular weight excluding hydrogens is 360 g/mol. The van der Waals surface area contributed by atoms with Crippen molar-refractivity contribution in [2.75, 3.05) is 62.3 Å². The molecule has 2 saturated heterocycles. The molecule has 1 amide bonds. The zero-order valence-corrected chi connectivity index (χ0v) is 16.4. The van der Waals surface area contributed by atoms with Gasteiger partial charge in [-0.1, -0.05) is 5.16 Å². The summed E-state index contributed by atoms with van der Waals surface area (Å²) in [6, 6.07) is 2.08. The van der Waals surface area contributed by atoms with Crippen molar-refractivity contribution >= 4 is 17.4 Å². The van der Waals surface area contributed by atoms with Crippen molar-refractivity contribution in [3.05, 3.63) is 29.3 Å². The Labute approximate surface area is 164 Å². The Morgan fingerprint density at radius 2 is 1.82 bits per heavy atom. The highest BCUT2D eigenvalue weighted by atomic mass is 16.5. The molecule has 4 rings (SSSR count). The maximum Gasteiger partial charge on any atom is 0.227 e. The Hall–Kier alpha value is -2.68. The first-order valence-corrected chi connectivity index (χ1v) is 9.71. The fourth-order valence-corrected chi connectivity index (χ4v) is 3.70. The molecule has 150 valence electrons. The number of aromatic nitrogens is 3. The predicted octanol–water partition coefficient (Wildman–Crippen LogP) is 0.809. The Morgan fingerprint density at radius 3 is 2.50 bits per heavy atom. The van der Waals surface area contributed by atoms with E-state index in [1.54, 1.807) is 6.20 Å². The highest BCUT2D eigenvalue weighted by Gasteiger charge is 2.24. The Kier molecular flexibility index (Phi) is 5.43. The Bertz CT molecular complexity index is 805. The molecule has 0 atom stereocenters. The average Bonchev–Trinajstić information content (AvgIpc) is 3.06. The van der Waals surface area contributed by atoms with Crippen LogP contribution in [-0.4, -0.2) is 78.6 Å². The first-order chi connectivity index (χ1) is 13.6. The van der Waals surface area contributed by atoms with E-state index >= 15 is 0 Å². The summed E-state index contributed by atoms with van der Waals surface area (Å²) in [4.78, 5) is 19.0. The minimum absolute atomic E-state index is 0.121. The molecule has 0 unspecified atom stereocenters. The van der Waals surface area contributed by atoms with Crippen molar-refractivity contribution in [1.82, 2.24) is 20.3 Å². The second kappa shape index (κ2) is 8.14. The number of aryl methyl sites for hydroxylation is 2. The summed E-state index contributed by atoms with van der Waals surface area (Å²) >= 11 is 0. The molecule has 0 saturated carbocycles. The maximum absolute atomic E-state index is 12.7. The van der Waals surface area contributed by atoms with E-state index in [0.29, 0.717) is 19.5 Å². The second-order valence-corrected chi connectivity index (χ2v) is 7.22. The third-order valence-electron chi connectivity index (χ3n) is 5.47. The first kappa shape index (κ1) is 18.7. The SMILES string of the molecule is Cc1noc(C)c1CC(=O)N1CCN(c2cnnc(N3CCOCC3)c2)CC1. The van der Waals surface area contributed by atoms with Gasteiger partial charge in [-0.2, -0.15) is 5.10 Å². The molecule has 0 bridgehead atoms. The number of piperazine rings is 1. The summed E-state index contributed by atoms with van der Waals surface area (Å²) in [5, 5.41) is 12.4. The van der Waals surface area contributed by atoms with Gasteiger partial charge in [0.05, 0.1) is 37.2 Å². The normalized spacial score (nSPS) is 17.9. The molecule has 0 N–H and O–H groups in total. The van der Waals surface area contributed by atoms with Crippen molar-refractivity contribution in [2.24, 2.45) is 0 Å². The van der Waals surface area contributed by atoms with Crippen LogP contribution in [-0.2, 0) is 16.0 Å². The summed E-state index contributed by atoms with van der Waals surface area (Å²) in [7, 11) is 0. The van der Waals surface area contributed by atoms with Gasteiger partial charge < -0.3 is 24.0 Å². The van der Waals surface area contributed by atoms with E-state index in [0.717, 1.165) is 67.9 Å². The molecule has 0 radical (unpaired) electrons. The summed E-state index contributed by atoms with van der Waals surface area (Å²) < 4.78 is 10.6. The number of hydrogen-bond acceptors (Lipinski definition) is 8. The average molecular weight is 386 g/mol. The van der Waals surface area contributed by atoms with Crippen LogP contribution in [0.15, 0.2) is 16.8 Å². The molecule has 0 aliphatic carbocycles. The fourth-order valence-electron chi connectivity index (χ4n) is 3.70. The molecule has 0 spiro atoms. The van der Waals surface area contributed by atoms with E-state index in [1.165, 1.54) is 0 Å². The number of morpholine rings is 1. The highest BCUT2D eigenvalue weighted by Crippen LogP contribution is 2.21. The molecular formula is C19H26N6O3. The molecule has 2 aliphatic rings. The molecule has 0 aromatic carbocycles. The van der Waals surface area contributed by atoms with E-state index in [9.17, 15) is 4.79 Å². The highest BCUT2D eigenvalue weighted by molar-refractivity contribution is 5.79. The molecule has 2 fully saturated rings. The van der Waals surface area contributed by atoms with Crippen molar-refractivity contribution in [3.63, 3.8) is 0 Å². The monoisotopic (exact) mass is 386 g/mol. The van der Waals surface area contributed by atoms with Crippen LogP contribution in [0.25, 0.3) is 0 Å². The molecule has 9 nitrogen and oxygen atoms in total. The lowest BCUT2D eigenvalue weighted by atomic mass is 10.1. The summed E-state index contributed by atoms with van der Waals surface area (Å²) in [6.07, 6.45) is 2.14. The smallest absolute Gasteiger partial charge is 0.227 e. The molecule has 28 heavy (non-hydrogen) atoms. The minimum Gasteiger partial charge on any atom is -0.378 e. The third kappa shape index (κ3) is 3.94. The van der Waals surface area contributed by atoms with Crippen LogP contribution < -0.4 is 9.80 Å². The minimum atomic E-state index is 0.121. The Morgan fingerprint density at radius 1 is 1.07 bits per heavy atom. The second-order valence-electron chi connectivity index (χ2n) is 7.22. The zero-order chi connectivity index (χ0) is 19.5. The van der Waals surface area contributed by atoms with E-state index in [4.69, 9.17) is 9.26 Å². The number of rotatable bonds is 4. The van der Waals surface area contributed by atoms with Crippen molar-refractivity contribution in [3.8, 4) is 0 Å². The number of hydrogen-bond donors (Lipinski definition) is 0. The van der Waals surface area contributed by atoms with Crippen molar-refractivity contribution in [1.29, 1.82) is 0 Å². The lowest BCUT2D eigenvalue weighted by Crippen LogP contribution is -2.49. The van der Waals surface area contributed by atoms with Crippen LogP contribution in [0.5, 0.6) is 0 Å². The van der Waals surface area contributed by atoms with E-state index in [-0.39, 0.29) is 5.91 Å². The van der Waals surface area contributed by atoms with Gasteiger partial charge in [-0.3, -0.25) is 4.79 Å². The number of carbonyl (C=O) groups is 1. The van der Waals surface area contributed by atoms with Gasteiger partial charge in [0.1, 0.15) is 5.76 Å². The van der Waals surface area contributed by atoms with Crippen LogP contribution in [0.1, 0.15) is 17.0 Å². The van der Waals surface area contributed by atoms with Crippen LogP contribution in [0.2, 0.25) is 0 Å². The molecule has 2 aliphatic heterocycles. The number of amides is 1. The van der Waals surface area contributed by atoms with Gasteiger partial charge in [-0.25, -0.2) is 0 Å². The van der Waals surface area contributed by atoms with Crippen molar-refractivity contribution in [2.45, 2.75) is 20.3 Å². The third-order valence-corrected chi connectivity index (χ3v) is 5.47. The fraction of sp³-hybridized carbons (Fsp3) is 0.579. The van der Waals surface area contributed by atoms with Gasteiger partial charge in [-0.15, -0.1) is 5.10 Å². The first-order valence-electron chi connectivity index (χ1n) is 9.71. The predicted molar refractivity (Wildman–Crippen MR) is 104 cm³/mol. The van der Waals surface area contributed by atoms with Gasteiger partial charge >= 0.3 is 0 Å². The summed E-state index contributed by atoms with van der Waals surface area (Å²) in [6.45, 7) is 9.78. The lowest BCUT2D eigenvalue weighted by molar-refractivity contribution is -0.130. The lowest BCUT2D eigenvalue weighted by Gasteiger charge is -2.36. The van der Waals surface area contributed by atoms with E-state index in [2.05, 4.69) is 31.2 Å². The van der Waals surface area contributed by atoms with Gasteiger partial charge in [0.2, 0.25) is 5.91 Å². The van der Waals surface area contributed by atoms with Gasteiger partial charge in [0.25, 0.3) is 0 Å². The standard InChI is InChI=1S/C19H26N6O3/c1-14-17(15(2)28-22-14)12-19(26)25-5-3-23(4-6-25)16-11-18(21-20-13-16)24-7-9-27-10-8-24/h11,13H,3-10,12H2,1-2H3. The number of ether oxygens (including phenoxy) is 1. The van der Waals surface area contributed by atoms with E-state index in [1.807, 2.05) is 18.7 Å². The Balaban J connectivity index is 1.35. The quantitative estimate of drug-likeness (QED) is 0.763. The van der Waals surface area contributed by atoms with Crippen LogP contribution in [0.3, 0.4) is 0 Å². The summed E-state index contributed by atoms with van der Waals surface area (Å²) in [5.74, 6) is 1.73. The molecule has 4 heterocycles. The molecule has 9 heteroatoms. The van der Waals surface area contributed by atoms with Crippen LogP contribution in [0, 0.1) is 13.8 Å². The van der Waals surface area contributed by atoms with Crippen LogP contribution >= 0.6 is 0 Å². The topological polar surface area (TPSA) is 87.8 Å². The van der Waals surface area contributed by atoms with Gasteiger partial charge in [-0.05, 0) is 13.8 Å². The number of nitrogens with zero attached hydrogens (tertiary/aromatic N) is 6. The van der Waals surface area contributed by atoms with Gasteiger partial charge in [0.15, 0.2) is 5.82 Å². The maximum atomic E-state index is 12.7. The van der Waals surface area contributed by atoms with E-state index < -0.39 is 0 Å².